The first-order chi connectivity index (χ1) is 12.6. The van der Waals surface area contributed by atoms with Gasteiger partial charge in [0.25, 0.3) is 5.91 Å². The van der Waals surface area contributed by atoms with E-state index in [0.29, 0.717) is 16.5 Å². The Hall–Kier alpha value is -2.92. The van der Waals surface area contributed by atoms with E-state index in [4.69, 9.17) is 11.6 Å². The summed E-state index contributed by atoms with van der Waals surface area (Å²) in [6.07, 6.45) is 3.92. The maximum Gasteiger partial charge on any atom is 0.275 e. The molecule has 1 heterocycles. The van der Waals surface area contributed by atoms with E-state index < -0.39 is 0 Å². The summed E-state index contributed by atoms with van der Waals surface area (Å²) in [4.78, 5) is 20.8. The Morgan fingerprint density at radius 3 is 2.62 bits per heavy atom. The summed E-state index contributed by atoms with van der Waals surface area (Å²) in [5.74, 6) is 0.254. The van der Waals surface area contributed by atoms with Crippen molar-refractivity contribution < 1.29 is 4.79 Å². The summed E-state index contributed by atoms with van der Waals surface area (Å²) in [5, 5.41) is 6.60. The number of hydrogen-bond acceptors (Lipinski definition) is 4. The summed E-state index contributed by atoms with van der Waals surface area (Å²) in [6.45, 7) is 4.15. The number of aryl methyl sites for hydroxylation is 2. The Morgan fingerprint density at radius 2 is 1.92 bits per heavy atom. The lowest BCUT2D eigenvalue weighted by atomic mass is 10.1. The molecule has 0 spiro atoms. The van der Waals surface area contributed by atoms with Crippen LogP contribution in [-0.2, 0) is 6.42 Å². The summed E-state index contributed by atoms with van der Waals surface area (Å²) in [6, 6.07) is 13.1. The number of amides is 1. The van der Waals surface area contributed by atoms with Gasteiger partial charge in [-0.2, -0.15) is 0 Å². The highest BCUT2D eigenvalue weighted by Gasteiger charge is 2.10. The third kappa shape index (κ3) is 4.18. The minimum atomic E-state index is -0.337. The van der Waals surface area contributed by atoms with Crippen molar-refractivity contribution in [2.24, 2.45) is 0 Å². The van der Waals surface area contributed by atoms with E-state index in [2.05, 4.69) is 33.6 Å². The lowest BCUT2D eigenvalue weighted by molar-refractivity contribution is 0.102. The molecule has 3 aromatic rings. The molecular formula is C20H19ClN4O. The lowest BCUT2D eigenvalue weighted by Crippen LogP contribution is -2.14. The molecule has 0 unspecified atom stereocenters. The van der Waals surface area contributed by atoms with Gasteiger partial charge < -0.3 is 10.6 Å². The maximum absolute atomic E-state index is 12.3. The third-order valence-corrected chi connectivity index (χ3v) is 4.20. The van der Waals surface area contributed by atoms with Crippen LogP contribution in [0.4, 0.5) is 17.2 Å². The van der Waals surface area contributed by atoms with E-state index in [1.165, 1.54) is 11.8 Å². The first kappa shape index (κ1) is 17.9. The number of rotatable bonds is 5. The van der Waals surface area contributed by atoms with Crippen LogP contribution >= 0.6 is 11.6 Å². The summed E-state index contributed by atoms with van der Waals surface area (Å²) in [5.41, 5.74) is 4.21. The molecule has 0 radical (unpaired) electrons. The number of carbonyl (C=O) groups excluding carboxylic acids is 1. The number of carbonyl (C=O) groups is 1. The SMILES string of the molecule is CCc1cccc(C)c1Nc1cnc(C(=O)Nc2cccc(Cl)c2)cn1. The van der Waals surface area contributed by atoms with Crippen molar-refractivity contribution in [2.45, 2.75) is 20.3 Å². The van der Waals surface area contributed by atoms with Crippen molar-refractivity contribution in [1.82, 2.24) is 9.97 Å². The van der Waals surface area contributed by atoms with Gasteiger partial charge in [-0.05, 0) is 42.7 Å². The summed E-state index contributed by atoms with van der Waals surface area (Å²) >= 11 is 5.92. The second-order valence-electron chi connectivity index (χ2n) is 5.84. The molecule has 0 aliphatic rings. The Morgan fingerprint density at radius 1 is 1.12 bits per heavy atom. The zero-order valence-corrected chi connectivity index (χ0v) is 15.3. The molecule has 6 heteroatoms. The Bertz CT molecular complexity index is 925. The number of nitrogens with zero attached hydrogens (tertiary/aromatic N) is 2. The number of aromatic nitrogens is 2. The highest BCUT2D eigenvalue weighted by molar-refractivity contribution is 6.30. The fourth-order valence-electron chi connectivity index (χ4n) is 2.60. The summed E-state index contributed by atoms with van der Waals surface area (Å²) in [7, 11) is 0. The van der Waals surface area contributed by atoms with E-state index in [1.54, 1.807) is 30.5 Å². The number of halogens is 1. The van der Waals surface area contributed by atoms with E-state index in [9.17, 15) is 4.79 Å². The minimum absolute atomic E-state index is 0.232. The topological polar surface area (TPSA) is 66.9 Å². The highest BCUT2D eigenvalue weighted by atomic mass is 35.5. The van der Waals surface area contributed by atoms with Crippen LogP contribution in [-0.4, -0.2) is 15.9 Å². The Labute approximate surface area is 157 Å². The average molecular weight is 367 g/mol. The van der Waals surface area contributed by atoms with Gasteiger partial charge in [-0.1, -0.05) is 42.8 Å². The van der Waals surface area contributed by atoms with Crippen LogP contribution in [0.1, 0.15) is 28.5 Å². The smallest absolute Gasteiger partial charge is 0.275 e. The fraction of sp³-hybridized carbons (Fsp3) is 0.150. The van der Waals surface area contributed by atoms with Crippen LogP contribution in [0, 0.1) is 6.92 Å². The fourth-order valence-corrected chi connectivity index (χ4v) is 2.79. The molecule has 0 aliphatic carbocycles. The van der Waals surface area contributed by atoms with E-state index >= 15 is 0 Å². The van der Waals surface area contributed by atoms with Crippen LogP contribution in [0.2, 0.25) is 5.02 Å². The Balaban J connectivity index is 1.73. The van der Waals surface area contributed by atoms with Gasteiger partial charge in [0.1, 0.15) is 11.5 Å². The van der Waals surface area contributed by atoms with E-state index in [-0.39, 0.29) is 11.6 Å². The van der Waals surface area contributed by atoms with Crippen LogP contribution in [0.5, 0.6) is 0 Å². The maximum atomic E-state index is 12.3. The zero-order chi connectivity index (χ0) is 18.5. The first-order valence-electron chi connectivity index (χ1n) is 8.31. The predicted molar refractivity (Wildman–Crippen MR) is 105 cm³/mol. The molecule has 2 N–H and O–H groups in total. The van der Waals surface area contributed by atoms with Gasteiger partial charge in [-0.25, -0.2) is 9.97 Å². The van der Waals surface area contributed by atoms with Gasteiger partial charge >= 0.3 is 0 Å². The van der Waals surface area contributed by atoms with Crippen molar-refractivity contribution in [3.63, 3.8) is 0 Å². The molecule has 2 aromatic carbocycles. The van der Waals surface area contributed by atoms with Crippen LogP contribution < -0.4 is 10.6 Å². The molecule has 132 valence electrons. The van der Waals surface area contributed by atoms with Gasteiger partial charge in [0.15, 0.2) is 0 Å². The number of anilines is 3. The molecule has 5 nitrogen and oxygen atoms in total. The molecule has 0 saturated heterocycles. The number of benzene rings is 2. The van der Waals surface area contributed by atoms with Gasteiger partial charge in [0.05, 0.1) is 12.4 Å². The Kier molecular flexibility index (Phi) is 5.49. The zero-order valence-electron chi connectivity index (χ0n) is 14.6. The standard InChI is InChI=1S/C20H19ClN4O/c1-3-14-7-4-6-13(2)19(14)25-18-12-22-17(11-23-18)20(26)24-16-9-5-8-15(21)10-16/h4-12H,3H2,1-2H3,(H,23,25)(H,24,26). The normalized spacial score (nSPS) is 10.4. The molecule has 0 saturated carbocycles. The molecule has 0 atom stereocenters. The molecule has 0 fully saturated rings. The van der Waals surface area contributed by atoms with Crippen molar-refractivity contribution in [3.8, 4) is 0 Å². The van der Waals surface area contributed by atoms with Gasteiger partial charge in [0, 0.05) is 16.4 Å². The monoisotopic (exact) mass is 366 g/mol. The van der Waals surface area contributed by atoms with Gasteiger partial charge in [0.2, 0.25) is 0 Å². The molecule has 0 aliphatic heterocycles. The summed E-state index contributed by atoms with van der Waals surface area (Å²) < 4.78 is 0. The van der Waals surface area contributed by atoms with Crippen molar-refractivity contribution in [1.29, 1.82) is 0 Å². The first-order valence-corrected chi connectivity index (χ1v) is 8.69. The lowest BCUT2D eigenvalue weighted by Gasteiger charge is -2.13. The second kappa shape index (κ2) is 7.97. The molecule has 0 bridgehead atoms. The molecule has 26 heavy (non-hydrogen) atoms. The largest absolute Gasteiger partial charge is 0.339 e. The predicted octanol–water partition coefficient (Wildman–Crippen LogP) is 5.00. The van der Waals surface area contributed by atoms with E-state index in [1.807, 2.05) is 19.1 Å². The quantitative estimate of drug-likeness (QED) is 0.667. The minimum Gasteiger partial charge on any atom is -0.339 e. The van der Waals surface area contributed by atoms with Crippen molar-refractivity contribution in [2.75, 3.05) is 10.6 Å². The average Bonchev–Trinajstić information content (AvgIpc) is 2.64. The number of para-hydroxylation sites is 1. The van der Waals surface area contributed by atoms with Crippen molar-refractivity contribution in [3.05, 3.63) is 76.7 Å². The second-order valence-corrected chi connectivity index (χ2v) is 6.28. The highest BCUT2D eigenvalue weighted by Crippen LogP contribution is 2.24. The molecular weight excluding hydrogens is 348 g/mol. The van der Waals surface area contributed by atoms with Gasteiger partial charge in [-0.3, -0.25) is 4.79 Å². The molecule has 3 rings (SSSR count). The molecule has 1 amide bonds. The van der Waals surface area contributed by atoms with E-state index in [0.717, 1.165) is 17.7 Å². The van der Waals surface area contributed by atoms with Crippen molar-refractivity contribution >= 4 is 34.7 Å². The van der Waals surface area contributed by atoms with Gasteiger partial charge in [-0.15, -0.1) is 0 Å². The van der Waals surface area contributed by atoms with Crippen LogP contribution in [0.15, 0.2) is 54.9 Å². The van der Waals surface area contributed by atoms with Crippen LogP contribution in [0.3, 0.4) is 0 Å². The molecule has 1 aromatic heterocycles. The number of nitrogens with one attached hydrogen (secondary N) is 2. The third-order valence-electron chi connectivity index (χ3n) is 3.96. The number of hydrogen-bond donors (Lipinski definition) is 2. The van der Waals surface area contributed by atoms with Crippen LogP contribution in [0.25, 0.3) is 0 Å².